The molecule has 28 heavy (non-hydrogen) atoms. The van der Waals surface area contributed by atoms with Gasteiger partial charge in [0.25, 0.3) is 5.24 Å². The molecule has 0 aliphatic rings. The second kappa shape index (κ2) is 11.9. The standard InChI is InChI=1S/C16H21ClO11/c1-7(18)24-6-12(25-8(2)19)13(26-9(3)20)14(27-10(4)21)15(16(17)23)28-11(5)22/h12-15H,6H2,1-5H3/t12-,13?,14-,15?/m1/s1. The molecular formula is C16H21ClO11. The lowest BCUT2D eigenvalue weighted by Crippen LogP contribution is -2.54. The van der Waals surface area contributed by atoms with Gasteiger partial charge in [0.2, 0.25) is 6.10 Å². The largest absolute Gasteiger partial charge is 0.462 e. The average molecular weight is 425 g/mol. The minimum absolute atomic E-state index is 0.617. The molecule has 0 aliphatic carbocycles. The number of ether oxygens (including phenoxy) is 5. The molecular weight excluding hydrogens is 404 g/mol. The third-order valence-corrected chi connectivity index (χ3v) is 3.09. The zero-order valence-corrected chi connectivity index (χ0v) is 16.6. The van der Waals surface area contributed by atoms with Crippen LogP contribution >= 0.6 is 11.6 Å². The monoisotopic (exact) mass is 424 g/mol. The molecule has 0 amide bonds. The van der Waals surface area contributed by atoms with Gasteiger partial charge in [-0.25, -0.2) is 0 Å². The van der Waals surface area contributed by atoms with Crippen LogP contribution in [0.4, 0.5) is 0 Å². The van der Waals surface area contributed by atoms with Crippen molar-refractivity contribution in [1.29, 1.82) is 0 Å². The zero-order chi connectivity index (χ0) is 22.0. The van der Waals surface area contributed by atoms with Crippen molar-refractivity contribution in [3.63, 3.8) is 0 Å². The quantitative estimate of drug-likeness (QED) is 0.266. The summed E-state index contributed by atoms with van der Waals surface area (Å²) in [6, 6.07) is 0. The molecule has 4 atom stereocenters. The summed E-state index contributed by atoms with van der Waals surface area (Å²) < 4.78 is 24.5. The van der Waals surface area contributed by atoms with Gasteiger partial charge in [-0.15, -0.1) is 0 Å². The second-order valence-corrected chi connectivity index (χ2v) is 5.81. The molecule has 0 rings (SSSR count). The van der Waals surface area contributed by atoms with E-state index in [0.29, 0.717) is 0 Å². The minimum Gasteiger partial charge on any atom is -0.462 e. The number of carbonyl (C=O) groups excluding carboxylic acids is 6. The SMILES string of the molecule is CC(=O)OC[C@@H](OC(C)=O)C(OC(C)=O)[C@@H](OC(C)=O)C(OC(C)=O)C(=O)Cl. The van der Waals surface area contributed by atoms with Gasteiger partial charge in [-0.3, -0.25) is 28.8 Å². The molecule has 12 heteroatoms. The predicted octanol–water partition coefficient (Wildman–Crippen LogP) is 0.0417. The van der Waals surface area contributed by atoms with Crippen LogP contribution in [0.5, 0.6) is 0 Å². The van der Waals surface area contributed by atoms with Crippen LogP contribution in [-0.2, 0) is 52.5 Å². The first-order valence-electron chi connectivity index (χ1n) is 7.86. The van der Waals surface area contributed by atoms with Crippen molar-refractivity contribution in [2.24, 2.45) is 0 Å². The molecule has 0 aromatic heterocycles. The van der Waals surface area contributed by atoms with Crippen LogP contribution in [0.25, 0.3) is 0 Å². The molecule has 0 aromatic carbocycles. The van der Waals surface area contributed by atoms with Crippen molar-refractivity contribution in [3.05, 3.63) is 0 Å². The number of rotatable bonds is 10. The van der Waals surface area contributed by atoms with E-state index < -0.39 is 66.1 Å². The number of carbonyl (C=O) groups is 6. The highest BCUT2D eigenvalue weighted by Gasteiger charge is 2.46. The maximum atomic E-state index is 11.8. The molecule has 0 aromatic rings. The lowest BCUT2D eigenvalue weighted by atomic mass is 10.0. The van der Waals surface area contributed by atoms with Crippen molar-refractivity contribution in [2.75, 3.05) is 6.61 Å². The molecule has 0 saturated carbocycles. The lowest BCUT2D eigenvalue weighted by Gasteiger charge is -2.34. The highest BCUT2D eigenvalue weighted by molar-refractivity contribution is 6.64. The van der Waals surface area contributed by atoms with Gasteiger partial charge in [0.15, 0.2) is 18.3 Å². The first-order chi connectivity index (χ1) is 12.8. The molecule has 0 spiro atoms. The Morgan fingerprint density at radius 1 is 0.643 bits per heavy atom. The topological polar surface area (TPSA) is 149 Å². The highest BCUT2D eigenvalue weighted by atomic mass is 35.5. The Kier molecular flexibility index (Phi) is 10.8. The fourth-order valence-electron chi connectivity index (χ4n) is 2.07. The van der Waals surface area contributed by atoms with E-state index >= 15 is 0 Å². The van der Waals surface area contributed by atoms with E-state index in [2.05, 4.69) is 0 Å². The Bertz CT molecular complexity index is 630. The summed E-state index contributed by atoms with van der Waals surface area (Å²) in [5.74, 6) is -4.46. The second-order valence-electron chi connectivity index (χ2n) is 5.43. The van der Waals surface area contributed by atoms with E-state index in [9.17, 15) is 28.8 Å². The summed E-state index contributed by atoms with van der Waals surface area (Å²) in [7, 11) is 0. The third-order valence-electron chi connectivity index (χ3n) is 2.88. The van der Waals surface area contributed by atoms with Crippen molar-refractivity contribution in [2.45, 2.75) is 59.0 Å². The predicted molar refractivity (Wildman–Crippen MR) is 89.7 cm³/mol. The zero-order valence-electron chi connectivity index (χ0n) is 15.9. The Morgan fingerprint density at radius 2 is 1.07 bits per heavy atom. The number of esters is 5. The van der Waals surface area contributed by atoms with E-state index in [-0.39, 0.29) is 0 Å². The molecule has 0 saturated heterocycles. The van der Waals surface area contributed by atoms with Crippen molar-refractivity contribution in [3.8, 4) is 0 Å². The molecule has 0 radical (unpaired) electrons. The molecule has 0 fully saturated rings. The van der Waals surface area contributed by atoms with Crippen LogP contribution in [0, 0.1) is 0 Å². The van der Waals surface area contributed by atoms with Crippen molar-refractivity contribution < 1.29 is 52.5 Å². The van der Waals surface area contributed by atoms with Crippen LogP contribution in [0.15, 0.2) is 0 Å². The average Bonchev–Trinajstić information content (AvgIpc) is 2.51. The maximum Gasteiger partial charge on any atom is 0.303 e. The fraction of sp³-hybridized carbons (Fsp3) is 0.625. The van der Waals surface area contributed by atoms with Gasteiger partial charge in [0, 0.05) is 34.6 Å². The third kappa shape index (κ3) is 9.86. The number of hydrogen-bond acceptors (Lipinski definition) is 11. The van der Waals surface area contributed by atoms with E-state index in [4.69, 9.17) is 35.3 Å². The lowest BCUT2D eigenvalue weighted by molar-refractivity contribution is -0.201. The maximum absolute atomic E-state index is 11.8. The molecule has 11 nitrogen and oxygen atoms in total. The van der Waals surface area contributed by atoms with Crippen molar-refractivity contribution >= 4 is 46.7 Å². The van der Waals surface area contributed by atoms with Gasteiger partial charge in [0.1, 0.15) is 6.61 Å². The van der Waals surface area contributed by atoms with Gasteiger partial charge in [-0.2, -0.15) is 0 Å². The molecule has 0 bridgehead atoms. The minimum atomic E-state index is -1.90. The number of hydrogen-bond donors (Lipinski definition) is 0. The first kappa shape index (κ1) is 25.3. The summed E-state index contributed by atoms with van der Waals surface area (Å²) in [4.78, 5) is 68.7. The van der Waals surface area contributed by atoms with E-state index in [1.807, 2.05) is 0 Å². The Balaban J connectivity index is 6.18. The van der Waals surface area contributed by atoms with Gasteiger partial charge in [-0.05, 0) is 11.6 Å². The van der Waals surface area contributed by atoms with Crippen LogP contribution in [0.3, 0.4) is 0 Å². The molecule has 0 heterocycles. The first-order valence-corrected chi connectivity index (χ1v) is 8.24. The van der Waals surface area contributed by atoms with Crippen LogP contribution in [0.2, 0.25) is 0 Å². The smallest absolute Gasteiger partial charge is 0.303 e. The Hall–Kier alpha value is -2.69. The van der Waals surface area contributed by atoms with E-state index in [0.717, 1.165) is 34.6 Å². The highest BCUT2D eigenvalue weighted by Crippen LogP contribution is 2.21. The van der Waals surface area contributed by atoms with Crippen LogP contribution < -0.4 is 0 Å². The summed E-state index contributed by atoms with van der Waals surface area (Å²) in [5.41, 5.74) is 0. The van der Waals surface area contributed by atoms with Gasteiger partial charge >= 0.3 is 29.8 Å². The Labute approximate surface area is 165 Å². The van der Waals surface area contributed by atoms with Crippen molar-refractivity contribution in [1.82, 2.24) is 0 Å². The fourth-order valence-corrected chi connectivity index (χ4v) is 2.24. The Morgan fingerprint density at radius 3 is 1.43 bits per heavy atom. The van der Waals surface area contributed by atoms with Gasteiger partial charge < -0.3 is 23.7 Å². The van der Waals surface area contributed by atoms with E-state index in [1.54, 1.807) is 0 Å². The number of halogens is 1. The normalized spacial score (nSPS) is 14.5. The van der Waals surface area contributed by atoms with Gasteiger partial charge in [0.05, 0.1) is 0 Å². The summed E-state index contributed by atoms with van der Waals surface area (Å²) in [6.45, 7) is 4.38. The van der Waals surface area contributed by atoms with Crippen LogP contribution in [0.1, 0.15) is 34.6 Å². The summed E-state index contributed by atoms with van der Waals surface area (Å²) in [5, 5.41) is -1.26. The van der Waals surface area contributed by atoms with Crippen LogP contribution in [-0.4, -0.2) is 66.1 Å². The molecule has 158 valence electrons. The van der Waals surface area contributed by atoms with Gasteiger partial charge in [-0.1, -0.05) is 0 Å². The molecule has 0 N–H and O–H groups in total. The summed E-state index contributed by atoms with van der Waals surface area (Å²) in [6.07, 6.45) is -6.90. The summed E-state index contributed by atoms with van der Waals surface area (Å²) >= 11 is 5.44. The van der Waals surface area contributed by atoms with E-state index in [1.165, 1.54) is 0 Å². The molecule has 2 unspecified atom stereocenters. The molecule has 0 aliphatic heterocycles.